The highest BCUT2D eigenvalue weighted by Crippen LogP contribution is 2.20. The summed E-state index contributed by atoms with van der Waals surface area (Å²) in [7, 11) is 0. The van der Waals surface area contributed by atoms with E-state index in [0.29, 0.717) is 12.1 Å². The Hall–Kier alpha value is -2.39. The number of benzene rings is 2. The molecule has 0 aliphatic heterocycles. The SMILES string of the molecule is Cc1ccc2nc(C)cc(C(=O)NCCc3ccc(Cl)cc3)c2c1. The van der Waals surface area contributed by atoms with Crippen molar-refractivity contribution in [3.8, 4) is 0 Å². The van der Waals surface area contributed by atoms with Crippen LogP contribution in [0.2, 0.25) is 5.02 Å². The average Bonchev–Trinajstić information content (AvgIpc) is 2.56. The summed E-state index contributed by atoms with van der Waals surface area (Å²) in [5.41, 5.74) is 4.63. The van der Waals surface area contributed by atoms with Crippen LogP contribution in [0.3, 0.4) is 0 Å². The van der Waals surface area contributed by atoms with Crippen molar-refractivity contribution < 1.29 is 4.79 Å². The van der Waals surface area contributed by atoms with Crippen LogP contribution in [0.25, 0.3) is 10.9 Å². The molecule has 0 saturated carbocycles. The van der Waals surface area contributed by atoms with Crippen molar-refractivity contribution in [2.75, 3.05) is 6.54 Å². The van der Waals surface area contributed by atoms with Crippen molar-refractivity contribution >= 4 is 28.4 Å². The Morgan fingerprint density at radius 3 is 2.58 bits per heavy atom. The first-order valence-electron chi connectivity index (χ1n) is 7.93. The van der Waals surface area contributed by atoms with E-state index in [1.165, 1.54) is 0 Å². The number of hydrogen-bond acceptors (Lipinski definition) is 2. The molecule has 3 rings (SSSR count). The molecule has 1 amide bonds. The Morgan fingerprint density at radius 1 is 1.08 bits per heavy atom. The maximum Gasteiger partial charge on any atom is 0.252 e. The van der Waals surface area contributed by atoms with Gasteiger partial charge in [-0.1, -0.05) is 35.4 Å². The molecule has 0 fully saturated rings. The second kappa shape index (κ2) is 7.02. The van der Waals surface area contributed by atoms with Gasteiger partial charge in [0.15, 0.2) is 0 Å². The first-order chi connectivity index (χ1) is 11.5. The number of hydrogen-bond donors (Lipinski definition) is 1. The van der Waals surface area contributed by atoms with E-state index in [2.05, 4.69) is 10.3 Å². The van der Waals surface area contributed by atoms with E-state index in [-0.39, 0.29) is 5.91 Å². The van der Waals surface area contributed by atoms with E-state index >= 15 is 0 Å². The van der Waals surface area contributed by atoms with Crippen LogP contribution in [0.15, 0.2) is 48.5 Å². The first-order valence-corrected chi connectivity index (χ1v) is 8.31. The monoisotopic (exact) mass is 338 g/mol. The molecule has 24 heavy (non-hydrogen) atoms. The molecule has 1 aromatic heterocycles. The number of nitrogens with zero attached hydrogens (tertiary/aromatic N) is 1. The van der Waals surface area contributed by atoms with Crippen molar-refractivity contribution in [3.63, 3.8) is 0 Å². The second-order valence-corrected chi connectivity index (χ2v) is 6.40. The van der Waals surface area contributed by atoms with E-state index in [1.54, 1.807) is 0 Å². The van der Waals surface area contributed by atoms with E-state index in [1.807, 2.05) is 62.4 Å². The maximum atomic E-state index is 12.6. The fraction of sp³-hybridized carbons (Fsp3) is 0.200. The van der Waals surface area contributed by atoms with Gasteiger partial charge in [0.1, 0.15) is 0 Å². The van der Waals surface area contributed by atoms with Crippen LogP contribution < -0.4 is 5.32 Å². The number of carbonyl (C=O) groups excluding carboxylic acids is 1. The Bertz CT molecular complexity index is 888. The molecule has 3 nitrogen and oxygen atoms in total. The van der Waals surface area contributed by atoms with Gasteiger partial charge in [0.25, 0.3) is 5.91 Å². The van der Waals surface area contributed by atoms with Crippen LogP contribution in [0.5, 0.6) is 0 Å². The Balaban J connectivity index is 1.76. The highest BCUT2D eigenvalue weighted by molar-refractivity contribution is 6.30. The molecule has 4 heteroatoms. The van der Waals surface area contributed by atoms with Crippen LogP contribution >= 0.6 is 11.6 Å². The number of aryl methyl sites for hydroxylation is 2. The van der Waals surface area contributed by atoms with Gasteiger partial charge in [-0.05, 0) is 56.2 Å². The van der Waals surface area contributed by atoms with Crippen molar-refractivity contribution in [1.82, 2.24) is 10.3 Å². The third kappa shape index (κ3) is 3.74. The van der Waals surface area contributed by atoms with Crippen LogP contribution in [0, 0.1) is 13.8 Å². The topological polar surface area (TPSA) is 42.0 Å². The highest BCUT2D eigenvalue weighted by Gasteiger charge is 2.12. The predicted molar refractivity (Wildman–Crippen MR) is 98.7 cm³/mol. The summed E-state index contributed by atoms with van der Waals surface area (Å²) < 4.78 is 0. The summed E-state index contributed by atoms with van der Waals surface area (Å²) in [6, 6.07) is 15.5. The zero-order valence-corrected chi connectivity index (χ0v) is 14.5. The highest BCUT2D eigenvalue weighted by atomic mass is 35.5. The van der Waals surface area contributed by atoms with Crippen LogP contribution in [0.4, 0.5) is 0 Å². The second-order valence-electron chi connectivity index (χ2n) is 5.96. The van der Waals surface area contributed by atoms with Crippen molar-refractivity contribution in [2.45, 2.75) is 20.3 Å². The fourth-order valence-electron chi connectivity index (χ4n) is 2.73. The summed E-state index contributed by atoms with van der Waals surface area (Å²) in [6.07, 6.45) is 0.768. The van der Waals surface area contributed by atoms with Gasteiger partial charge in [-0.3, -0.25) is 9.78 Å². The zero-order valence-electron chi connectivity index (χ0n) is 13.8. The molecule has 1 N–H and O–H groups in total. The van der Waals surface area contributed by atoms with E-state index < -0.39 is 0 Å². The normalized spacial score (nSPS) is 10.8. The summed E-state index contributed by atoms with van der Waals surface area (Å²) in [5, 5.41) is 4.61. The van der Waals surface area contributed by atoms with E-state index in [4.69, 9.17) is 11.6 Å². The molecular formula is C20H19ClN2O. The first kappa shape index (κ1) is 16.5. The molecule has 0 aliphatic carbocycles. The smallest absolute Gasteiger partial charge is 0.252 e. The standard InChI is InChI=1S/C20H19ClN2O/c1-13-3-8-19-17(11-13)18(12-14(2)23-19)20(24)22-10-9-15-4-6-16(21)7-5-15/h3-8,11-12H,9-10H2,1-2H3,(H,22,24). The van der Waals surface area contributed by atoms with Gasteiger partial charge in [-0.25, -0.2) is 0 Å². The van der Waals surface area contributed by atoms with Gasteiger partial charge in [0, 0.05) is 22.6 Å². The third-order valence-electron chi connectivity index (χ3n) is 3.95. The third-order valence-corrected chi connectivity index (χ3v) is 4.20. The largest absolute Gasteiger partial charge is 0.352 e. The minimum atomic E-state index is -0.0648. The fourth-order valence-corrected chi connectivity index (χ4v) is 2.85. The molecule has 3 aromatic rings. The minimum absolute atomic E-state index is 0.0648. The van der Waals surface area contributed by atoms with Gasteiger partial charge in [0.05, 0.1) is 11.1 Å². The molecule has 0 aliphatic rings. The van der Waals surface area contributed by atoms with Crippen molar-refractivity contribution in [1.29, 1.82) is 0 Å². The molecule has 0 saturated heterocycles. The molecule has 1 heterocycles. The maximum absolute atomic E-state index is 12.6. The molecular weight excluding hydrogens is 320 g/mol. The molecule has 0 unspecified atom stereocenters. The molecule has 0 atom stereocenters. The summed E-state index contributed by atoms with van der Waals surface area (Å²) in [6.45, 7) is 4.50. The lowest BCUT2D eigenvalue weighted by atomic mass is 10.0. The number of halogens is 1. The van der Waals surface area contributed by atoms with Crippen LogP contribution in [0.1, 0.15) is 27.2 Å². The van der Waals surface area contributed by atoms with Crippen molar-refractivity contribution in [3.05, 3.63) is 75.9 Å². The number of amides is 1. The summed E-state index contributed by atoms with van der Waals surface area (Å²) in [4.78, 5) is 17.1. The molecule has 2 aromatic carbocycles. The van der Waals surface area contributed by atoms with Gasteiger partial charge >= 0.3 is 0 Å². The van der Waals surface area contributed by atoms with E-state index in [9.17, 15) is 4.79 Å². The number of fused-ring (bicyclic) bond motifs is 1. The number of aromatic nitrogens is 1. The van der Waals surface area contributed by atoms with Crippen LogP contribution in [-0.4, -0.2) is 17.4 Å². The minimum Gasteiger partial charge on any atom is -0.352 e. The average molecular weight is 339 g/mol. The number of rotatable bonds is 4. The van der Waals surface area contributed by atoms with Gasteiger partial charge in [-0.2, -0.15) is 0 Å². The number of carbonyl (C=O) groups is 1. The lowest BCUT2D eigenvalue weighted by Gasteiger charge is -2.10. The van der Waals surface area contributed by atoms with Crippen LogP contribution in [-0.2, 0) is 6.42 Å². The molecule has 0 radical (unpaired) electrons. The van der Waals surface area contributed by atoms with E-state index in [0.717, 1.165) is 39.2 Å². The molecule has 122 valence electrons. The number of pyridine rings is 1. The zero-order chi connectivity index (χ0) is 17.1. The lowest BCUT2D eigenvalue weighted by molar-refractivity contribution is 0.0955. The van der Waals surface area contributed by atoms with Gasteiger partial charge in [0.2, 0.25) is 0 Å². The Morgan fingerprint density at radius 2 is 1.83 bits per heavy atom. The molecule has 0 spiro atoms. The number of nitrogens with one attached hydrogen (secondary N) is 1. The summed E-state index contributed by atoms with van der Waals surface area (Å²) in [5.74, 6) is -0.0648. The predicted octanol–water partition coefficient (Wildman–Crippen LogP) is 4.48. The van der Waals surface area contributed by atoms with Gasteiger partial charge < -0.3 is 5.32 Å². The summed E-state index contributed by atoms with van der Waals surface area (Å²) >= 11 is 5.88. The van der Waals surface area contributed by atoms with Gasteiger partial charge in [-0.15, -0.1) is 0 Å². The van der Waals surface area contributed by atoms with Crippen molar-refractivity contribution in [2.24, 2.45) is 0 Å². The lowest BCUT2D eigenvalue weighted by Crippen LogP contribution is -2.26. The Kier molecular flexibility index (Phi) is 4.81. The Labute approximate surface area is 146 Å². The quantitative estimate of drug-likeness (QED) is 0.762. The molecule has 0 bridgehead atoms.